The van der Waals surface area contributed by atoms with Gasteiger partial charge in [-0.25, -0.2) is 9.97 Å². The average Bonchev–Trinajstić information content (AvgIpc) is 3.08. The Hall–Kier alpha value is -2.70. The lowest BCUT2D eigenvalue weighted by atomic mass is 10.1. The van der Waals surface area contributed by atoms with E-state index in [0.29, 0.717) is 5.82 Å². The van der Waals surface area contributed by atoms with Crippen LogP contribution in [0.4, 0.5) is 23.0 Å². The van der Waals surface area contributed by atoms with Crippen LogP contribution in [0.25, 0.3) is 0 Å². The standard InChI is InChI=1S/C17H21N5O2/c1-2-12-7-3-6-10-14(12)21-17-15(22(23)24)16(18-11-19-17)20-13-8-4-5-9-13/h3,6-7,10-11,13H,2,4-5,8-9H2,1H3,(H2,18,19,20,21). The van der Waals surface area contributed by atoms with E-state index in [1.807, 2.05) is 31.2 Å². The first-order chi connectivity index (χ1) is 11.7. The highest BCUT2D eigenvalue weighted by Crippen LogP contribution is 2.34. The highest BCUT2D eigenvalue weighted by Gasteiger charge is 2.26. The summed E-state index contributed by atoms with van der Waals surface area (Å²) in [6.45, 7) is 2.04. The number of benzene rings is 1. The lowest BCUT2D eigenvalue weighted by Crippen LogP contribution is -2.17. The number of nitrogens with zero attached hydrogens (tertiary/aromatic N) is 3. The van der Waals surface area contributed by atoms with Crippen molar-refractivity contribution >= 4 is 23.0 Å². The molecule has 0 radical (unpaired) electrons. The predicted molar refractivity (Wildman–Crippen MR) is 93.7 cm³/mol. The van der Waals surface area contributed by atoms with Crippen molar-refractivity contribution in [3.05, 3.63) is 46.3 Å². The van der Waals surface area contributed by atoms with Crippen LogP contribution in [-0.4, -0.2) is 20.9 Å². The fourth-order valence-corrected chi connectivity index (χ4v) is 3.09. The highest BCUT2D eigenvalue weighted by atomic mass is 16.6. The van der Waals surface area contributed by atoms with Gasteiger partial charge in [0.25, 0.3) is 0 Å². The zero-order valence-corrected chi connectivity index (χ0v) is 13.7. The topological polar surface area (TPSA) is 93.0 Å². The van der Waals surface area contributed by atoms with E-state index in [0.717, 1.165) is 43.4 Å². The van der Waals surface area contributed by atoms with Gasteiger partial charge in [0.2, 0.25) is 11.6 Å². The summed E-state index contributed by atoms with van der Waals surface area (Å²) in [6.07, 6.45) is 6.51. The number of anilines is 3. The summed E-state index contributed by atoms with van der Waals surface area (Å²) in [5.41, 5.74) is 1.81. The number of para-hydroxylation sites is 1. The smallest absolute Gasteiger partial charge is 0.353 e. The van der Waals surface area contributed by atoms with E-state index in [2.05, 4.69) is 20.6 Å². The third kappa shape index (κ3) is 3.45. The van der Waals surface area contributed by atoms with Gasteiger partial charge in [-0.05, 0) is 30.9 Å². The van der Waals surface area contributed by atoms with Crippen LogP contribution < -0.4 is 10.6 Å². The van der Waals surface area contributed by atoms with Crippen LogP contribution in [0.15, 0.2) is 30.6 Å². The molecule has 1 heterocycles. The summed E-state index contributed by atoms with van der Waals surface area (Å²) in [5.74, 6) is 0.509. The van der Waals surface area contributed by atoms with E-state index in [9.17, 15) is 10.1 Å². The molecule has 0 spiro atoms. The molecule has 3 rings (SSSR count). The molecule has 7 heteroatoms. The molecule has 1 saturated carbocycles. The van der Waals surface area contributed by atoms with E-state index in [1.54, 1.807) is 0 Å². The largest absolute Gasteiger partial charge is 0.361 e. The summed E-state index contributed by atoms with van der Waals surface area (Å²) in [4.78, 5) is 19.4. The van der Waals surface area contributed by atoms with Crippen molar-refractivity contribution in [2.75, 3.05) is 10.6 Å². The van der Waals surface area contributed by atoms with E-state index in [4.69, 9.17) is 0 Å². The maximum atomic E-state index is 11.6. The first-order valence-electron chi connectivity index (χ1n) is 8.30. The van der Waals surface area contributed by atoms with Gasteiger partial charge in [-0.2, -0.15) is 0 Å². The van der Waals surface area contributed by atoms with Crippen LogP contribution in [0.3, 0.4) is 0 Å². The van der Waals surface area contributed by atoms with Crippen LogP contribution in [0.1, 0.15) is 38.2 Å². The van der Waals surface area contributed by atoms with Crippen molar-refractivity contribution < 1.29 is 4.92 Å². The first-order valence-corrected chi connectivity index (χ1v) is 8.30. The molecule has 24 heavy (non-hydrogen) atoms. The van der Waals surface area contributed by atoms with Crippen LogP contribution in [0.2, 0.25) is 0 Å². The second-order valence-electron chi connectivity index (χ2n) is 5.94. The molecular weight excluding hydrogens is 306 g/mol. The average molecular weight is 327 g/mol. The van der Waals surface area contributed by atoms with Crippen LogP contribution in [0, 0.1) is 10.1 Å². The van der Waals surface area contributed by atoms with E-state index >= 15 is 0 Å². The van der Waals surface area contributed by atoms with Gasteiger partial charge in [-0.3, -0.25) is 10.1 Å². The van der Waals surface area contributed by atoms with Gasteiger partial charge in [0.05, 0.1) is 4.92 Å². The normalized spacial score (nSPS) is 14.5. The van der Waals surface area contributed by atoms with E-state index < -0.39 is 4.92 Å². The highest BCUT2D eigenvalue weighted by molar-refractivity contribution is 5.74. The van der Waals surface area contributed by atoms with Crippen LogP contribution in [-0.2, 0) is 6.42 Å². The lowest BCUT2D eigenvalue weighted by Gasteiger charge is -2.15. The Bertz CT molecular complexity index is 729. The zero-order valence-electron chi connectivity index (χ0n) is 13.7. The molecule has 2 aromatic rings. The maximum Gasteiger partial charge on any atom is 0.353 e. The summed E-state index contributed by atoms with van der Waals surface area (Å²) in [5, 5.41) is 17.9. The second-order valence-corrected chi connectivity index (χ2v) is 5.94. The maximum absolute atomic E-state index is 11.6. The Morgan fingerprint density at radius 1 is 1.21 bits per heavy atom. The van der Waals surface area contributed by atoms with Crippen molar-refractivity contribution in [2.45, 2.75) is 45.1 Å². The number of aromatic nitrogens is 2. The molecule has 0 bridgehead atoms. The number of nitrogens with one attached hydrogen (secondary N) is 2. The molecule has 0 aliphatic heterocycles. The minimum Gasteiger partial charge on any atom is -0.361 e. The molecule has 1 aromatic heterocycles. The van der Waals surface area contributed by atoms with Gasteiger partial charge in [-0.1, -0.05) is 38.0 Å². The van der Waals surface area contributed by atoms with Crippen molar-refractivity contribution in [1.82, 2.24) is 9.97 Å². The zero-order chi connectivity index (χ0) is 16.9. The third-order valence-electron chi connectivity index (χ3n) is 4.35. The van der Waals surface area contributed by atoms with Crippen molar-refractivity contribution in [3.63, 3.8) is 0 Å². The van der Waals surface area contributed by atoms with Gasteiger partial charge < -0.3 is 10.6 Å². The minimum atomic E-state index is -0.422. The van der Waals surface area contributed by atoms with Crippen LogP contribution in [0.5, 0.6) is 0 Å². The Morgan fingerprint density at radius 3 is 2.62 bits per heavy atom. The number of hydrogen-bond acceptors (Lipinski definition) is 6. The lowest BCUT2D eigenvalue weighted by molar-refractivity contribution is -0.383. The Morgan fingerprint density at radius 2 is 1.92 bits per heavy atom. The molecule has 1 aromatic carbocycles. The number of aryl methyl sites for hydroxylation is 1. The second kappa shape index (κ2) is 7.25. The molecular formula is C17H21N5O2. The molecule has 0 unspecified atom stereocenters. The molecule has 126 valence electrons. The minimum absolute atomic E-state index is 0.102. The monoisotopic (exact) mass is 327 g/mol. The third-order valence-corrected chi connectivity index (χ3v) is 4.35. The van der Waals surface area contributed by atoms with Gasteiger partial charge >= 0.3 is 5.69 Å². The molecule has 0 atom stereocenters. The molecule has 1 aliphatic rings. The molecule has 1 fully saturated rings. The first kappa shape index (κ1) is 16.2. The molecule has 7 nitrogen and oxygen atoms in total. The number of nitro groups is 1. The fourth-order valence-electron chi connectivity index (χ4n) is 3.09. The fraction of sp³-hybridized carbons (Fsp3) is 0.412. The molecule has 2 N–H and O–H groups in total. The van der Waals surface area contributed by atoms with E-state index in [-0.39, 0.29) is 17.5 Å². The Balaban J connectivity index is 1.93. The SMILES string of the molecule is CCc1ccccc1Nc1ncnc(NC2CCCC2)c1[N+](=O)[O-]. The number of hydrogen-bond donors (Lipinski definition) is 2. The summed E-state index contributed by atoms with van der Waals surface area (Å²) >= 11 is 0. The summed E-state index contributed by atoms with van der Waals surface area (Å²) < 4.78 is 0. The van der Waals surface area contributed by atoms with Crippen molar-refractivity contribution in [2.24, 2.45) is 0 Å². The van der Waals surface area contributed by atoms with E-state index in [1.165, 1.54) is 6.33 Å². The van der Waals surface area contributed by atoms with Crippen molar-refractivity contribution in [3.8, 4) is 0 Å². The van der Waals surface area contributed by atoms with Gasteiger partial charge in [-0.15, -0.1) is 0 Å². The van der Waals surface area contributed by atoms with Crippen molar-refractivity contribution in [1.29, 1.82) is 0 Å². The predicted octanol–water partition coefficient (Wildman–Crippen LogP) is 4.05. The summed E-state index contributed by atoms with van der Waals surface area (Å²) in [6, 6.07) is 7.98. The summed E-state index contributed by atoms with van der Waals surface area (Å²) in [7, 11) is 0. The quantitative estimate of drug-likeness (QED) is 0.614. The Kier molecular flexibility index (Phi) is 4.88. The molecule has 0 saturated heterocycles. The van der Waals surface area contributed by atoms with Gasteiger partial charge in [0.1, 0.15) is 6.33 Å². The van der Waals surface area contributed by atoms with Gasteiger partial charge in [0.15, 0.2) is 0 Å². The molecule has 0 amide bonds. The molecule has 1 aliphatic carbocycles. The van der Waals surface area contributed by atoms with Crippen LogP contribution >= 0.6 is 0 Å². The number of rotatable bonds is 6. The van der Waals surface area contributed by atoms with Gasteiger partial charge in [0, 0.05) is 11.7 Å². The Labute approximate surface area is 140 Å².